The summed E-state index contributed by atoms with van der Waals surface area (Å²) < 4.78 is 33.1. The number of rotatable bonds is 6. The first kappa shape index (κ1) is 14.4. The van der Waals surface area contributed by atoms with Crippen LogP contribution in [-0.2, 0) is 16.0 Å². The van der Waals surface area contributed by atoms with E-state index in [1.54, 1.807) is 19.1 Å². The summed E-state index contributed by atoms with van der Waals surface area (Å²) in [6.07, 6.45) is 0.208. The van der Waals surface area contributed by atoms with Crippen LogP contribution in [0.4, 0.5) is 8.78 Å². The number of hydrogen-bond donors (Lipinski definition) is 1. The Morgan fingerprint density at radius 1 is 1.44 bits per heavy atom. The van der Waals surface area contributed by atoms with Gasteiger partial charge in [-0.25, -0.2) is 0 Å². The molecule has 1 atom stereocenters. The smallest absolute Gasteiger partial charge is 0.387 e. The highest BCUT2D eigenvalue weighted by Gasteiger charge is 2.15. The molecule has 1 unspecified atom stereocenters. The number of halogens is 2. The molecule has 4 nitrogen and oxygen atoms in total. The van der Waals surface area contributed by atoms with E-state index in [0.717, 1.165) is 0 Å². The first-order valence-electron chi connectivity index (χ1n) is 5.49. The van der Waals surface area contributed by atoms with E-state index in [1.165, 1.54) is 12.1 Å². The average molecular weight is 259 g/mol. The highest BCUT2D eigenvalue weighted by atomic mass is 19.3. The molecule has 0 saturated heterocycles. The van der Waals surface area contributed by atoms with Gasteiger partial charge in [0.15, 0.2) is 0 Å². The Morgan fingerprint density at radius 2 is 2.17 bits per heavy atom. The summed E-state index contributed by atoms with van der Waals surface area (Å²) in [7, 11) is 0. The lowest BCUT2D eigenvalue weighted by atomic mass is 10.1. The fourth-order valence-electron chi connectivity index (χ4n) is 1.44. The summed E-state index contributed by atoms with van der Waals surface area (Å²) in [6.45, 7) is -0.943. The van der Waals surface area contributed by atoms with Gasteiger partial charge >= 0.3 is 12.6 Å². The molecule has 0 aliphatic carbocycles. The molecule has 0 aliphatic heterocycles. The minimum atomic E-state index is -2.88. The summed E-state index contributed by atoms with van der Waals surface area (Å²) in [5, 5.41) is 0. The molecular weight excluding hydrogens is 244 g/mol. The number of benzene rings is 1. The van der Waals surface area contributed by atoms with Crippen LogP contribution in [0.2, 0.25) is 0 Å². The summed E-state index contributed by atoms with van der Waals surface area (Å²) in [5.74, 6) is -0.476. The van der Waals surface area contributed by atoms with Gasteiger partial charge in [0, 0.05) is 0 Å². The van der Waals surface area contributed by atoms with Gasteiger partial charge in [-0.15, -0.1) is 0 Å². The van der Waals surface area contributed by atoms with Crippen molar-refractivity contribution >= 4 is 5.97 Å². The lowest BCUT2D eigenvalue weighted by Gasteiger charge is -2.11. The van der Waals surface area contributed by atoms with Crippen molar-refractivity contribution < 1.29 is 23.0 Å². The van der Waals surface area contributed by atoms with Gasteiger partial charge < -0.3 is 15.2 Å². The number of hydrogen-bond acceptors (Lipinski definition) is 4. The van der Waals surface area contributed by atoms with Gasteiger partial charge in [0.05, 0.1) is 6.61 Å². The second kappa shape index (κ2) is 6.90. The lowest BCUT2D eigenvalue weighted by Crippen LogP contribution is -2.34. The standard InChI is InChI=1S/C12H15F2NO3/c1-2-17-11(16)10(15)7-8-4-3-5-9(6-8)18-12(13)14/h3-6,10,12H,2,7,15H2,1H3. The van der Waals surface area contributed by atoms with Gasteiger partial charge in [0.25, 0.3) is 0 Å². The maximum atomic E-state index is 12.0. The Morgan fingerprint density at radius 3 is 2.78 bits per heavy atom. The Balaban J connectivity index is 2.64. The molecule has 1 aromatic carbocycles. The van der Waals surface area contributed by atoms with Crippen LogP contribution in [-0.4, -0.2) is 25.2 Å². The van der Waals surface area contributed by atoms with Crippen molar-refractivity contribution in [3.05, 3.63) is 29.8 Å². The summed E-state index contributed by atoms with van der Waals surface area (Å²) in [4.78, 5) is 11.3. The molecule has 0 amide bonds. The number of ether oxygens (including phenoxy) is 2. The summed E-state index contributed by atoms with van der Waals surface area (Å²) in [5.41, 5.74) is 6.26. The zero-order valence-corrected chi connectivity index (χ0v) is 9.94. The largest absolute Gasteiger partial charge is 0.465 e. The third-order valence-corrected chi connectivity index (χ3v) is 2.17. The van der Waals surface area contributed by atoms with Gasteiger partial charge in [0.1, 0.15) is 11.8 Å². The molecular formula is C12H15F2NO3. The molecule has 6 heteroatoms. The van der Waals surface area contributed by atoms with Crippen molar-refractivity contribution in [2.24, 2.45) is 5.73 Å². The number of alkyl halides is 2. The van der Waals surface area contributed by atoms with Crippen LogP contribution in [0.1, 0.15) is 12.5 Å². The van der Waals surface area contributed by atoms with E-state index >= 15 is 0 Å². The molecule has 0 spiro atoms. The zero-order valence-electron chi connectivity index (χ0n) is 9.94. The molecule has 0 fully saturated rings. The van der Waals surface area contributed by atoms with Crippen molar-refractivity contribution in [2.75, 3.05) is 6.61 Å². The number of carbonyl (C=O) groups excluding carboxylic acids is 1. The predicted molar refractivity (Wildman–Crippen MR) is 61.4 cm³/mol. The minimum absolute atomic E-state index is 0.0403. The van der Waals surface area contributed by atoms with E-state index in [0.29, 0.717) is 5.56 Å². The fourth-order valence-corrected chi connectivity index (χ4v) is 1.44. The average Bonchev–Trinajstić information content (AvgIpc) is 2.28. The number of carbonyl (C=O) groups is 1. The first-order valence-corrected chi connectivity index (χ1v) is 5.49. The zero-order chi connectivity index (χ0) is 13.5. The molecule has 2 N–H and O–H groups in total. The van der Waals surface area contributed by atoms with Gasteiger partial charge in [-0.3, -0.25) is 4.79 Å². The Kier molecular flexibility index (Phi) is 5.51. The third kappa shape index (κ3) is 4.67. The maximum Gasteiger partial charge on any atom is 0.387 e. The molecule has 0 saturated carbocycles. The molecule has 1 rings (SSSR count). The number of nitrogens with two attached hydrogens (primary N) is 1. The lowest BCUT2D eigenvalue weighted by molar-refractivity contribution is -0.144. The van der Waals surface area contributed by atoms with E-state index in [2.05, 4.69) is 4.74 Å². The third-order valence-electron chi connectivity index (χ3n) is 2.17. The van der Waals surface area contributed by atoms with Crippen LogP contribution in [0.25, 0.3) is 0 Å². The molecule has 0 aliphatic rings. The molecule has 0 aromatic heterocycles. The maximum absolute atomic E-state index is 12.0. The topological polar surface area (TPSA) is 61.5 Å². The van der Waals surface area contributed by atoms with Crippen LogP contribution in [0.5, 0.6) is 5.75 Å². The molecule has 18 heavy (non-hydrogen) atoms. The van der Waals surface area contributed by atoms with E-state index < -0.39 is 18.6 Å². The second-order valence-electron chi connectivity index (χ2n) is 3.59. The molecule has 0 radical (unpaired) electrons. The molecule has 0 heterocycles. The van der Waals surface area contributed by atoms with Crippen molar-refractivity contribution in [2.45, 2.75) is 26.0 Å². The van der Waals surface area contributed by atoms with Crippen LogP contribution in [0, 0.1) is 0 Å². The van der Waals surface area contributed by atoms with Gasteiger partial charge in [-0.2, -0.15) is 8.78 Å². The van der Waals surface area contributed by atoms with Gasteiger partial charge in [0.2, 0.25) is 0 Å². The second-order valence-corrected chi connectivity index (χ2v) is 3.59. The Bertz CT molecular complexity index is 399. The Hall–Kier alpha value is -1.69. The number of esters is 1. The Labute approximate surface area is 104 Å². The van der Waals surface area contributed by atoms with E-state index in [9.17, 15) is 13.6 Å². The normalized spacial score (nSPS) is 12.3. The van der Waals surface area contributed by atoms with Crippen LogP contribution in [0.3, 0.4) is 0 Å². The van der Waals surface area contributed by atoms with Crippen molar-refractivity contribution in [1.82, 2.24) is 0 Å². The molecule has 0 bridgehead atoms. The van der Waals surface area contributed by atoms with Gasteiger partial charge in [-0.05, 0) is 31.0 Å². The van der Waals surface area contributed by atoms with Crippen LogP contribution < -0.4 is 10.5 Å². The fraction of sp³-hybridized carbons (Fsp3) is 0.417. The van der Waals surface area contributed by atoms with Crippen molar-refractivity contribution in [3.63, 3.8) is 0 Å². The highest BCUT2D eigenvalue weighted by Crippen LogP contribution is 2.16. The van der Waals surface area contributed by atoms with Crippen LogP contribution >= 0.6 is 0 Å². The van der Waals surface area contributed by atoms with Crippen molar-refractivity contribution in [1.29, 1.82) is 0 Å². The van der Waals surface area contributed by atoms with Crippen LogP contribution in [0.15, 0.2) is 24.3 Å². The molecule has 1 aromatic rings. The SMILES string of the molecule is CCOC(=O)C(N)Cc1cccc(OC(F)F)c1. The predicted octanol–water partition coefficient (Wildman–Crippen LogP) is 1.72. The van der Waals surface area contributed by atoms with Crippen molar-refractivity contribution in [3.8, 4) is 5.75 Å². The van der Waals surface area contributed by atoms with E-state index in [1.807, 2.05) is 0 Å². The highest BCUT2D eigenvalue weighted by molar-refractivity contribution is 5.75. The first-order chi connectivity index (χ1) is 8.52. The quantitative estimate of drug-likeness (QED) is 0.790. The van der Waals surface area contributed by atoms with E-state index in [4.69, 9.17) is 10.5 Å². The minimum Gasteiger partial charge on any atom is -0.465 e. The summed E-state index contributed by atoms with van der Waals surface area (Å²) in [6, 6.07) is 5.26. The summed E-state index contributed by atoms with van der Waals surface area (Å²) >= 11 is 0. The monoisotopic (exact) mass is 259 g/mol. The van der Waals surface area contributed by atoms with Gasteiger partial charge in [-0.1, -0.05) is 12.1 Å². The van der Waals surface area contributed by atoms with E-state index in [-0.39, 0.29) is 18.8 Å². The molecule has 100 valence electrons.